The van der Waals surface area contributed by atoms with Gasteiger partial charge >= 0.3 is 0 Å². The number of rotatable bonds is 3. The fraction of sp³-hybridized carbons (Fsp3) is 0.615. The normalized spacial score (nSPS) is 24.3. The second kappa shape index (κ2) is 6.39. The molecule has 18 heavy (non-hydrogen) atoms. The van der Waals surface area contributed by atoms with E-state index in [1.807, 2.05) is 12.1 Å². The average Bonchev–Trinajstić information content (AvgIpc) is 2.28. The highest BCUT2D eigenvalue weighted by Gasteiger charge is 2.22. The van der Waals surface area contributed by atoms with Crippen LogP contribution in [0.5, 0.6) is 0 Å². The number of nitrogens with zero attached hydrogens (tertiary/aromatic N) is 2. The highest BCUT2D eigenvalue weighted by Crippen LogP contribution is 2.25. The summed E-state index contributed by atoms with van der Waals surface area (Å²) in [6.07, 6.45) is 4.91. The van der Waals surface area contributed by atoms with Crippen molar-refractivity contribution in [2.45, 2.75) is 37.8 Å². The zero-order valence-corrected chi connectivity index (χ0v) is 13.7. The summed E-state index contributed by atoms with van der Waals surface area (Å²) in [5.41, 5.74) is 0. The number of hydrogen-bond acceptors (Lipinski definition) is 3. The molecular weight excluding hydrogens is 361 g/mol. The van der Waals surface area contributed by atoms with E-state index in [9.17, 15) is 0 Å². The Morgan fingerprint density at radius 2 is 1.94 bits per heavy atom. The fourth-order valence-corrected chi connectivity index (χ4v) is 3.47. The predicted molar refractivity (Wildman–Crippen MR) is 85.3 cm³/mol. The minimum Gasteiger partial charge on any atom is -0.367 e. The van der Waals surface area contributed by atoms with E-state index in [0.29, 0.717) is 11.2 Å². The minimum absolute atomic E-state index is 0.531. The Morgan fingerprint density at radius 1 is 1.28 bits per heavy atom. The van der Waals surface area contributed by atoms with Crippen LogP contribution in [0.1, 0.15) is 25.7 Å². The summed E-state index contributed by atoms with van der Waals surface area (Å²) in [5, 5.41) is 4.06. The van der Waals surface area contributed by atoms with Crippen LogP contribution in [-0.2, 0) is 0 Å². The van der Waals surface area contributed by atoms with Gasteiger partial charge in [-0.15, -0.1) is 0 Å². The molecule has 0 aromatic carbocycles. The Hall–Kier alpha value is -0.0700. The maximum atomic E-state index is 5.97. The van der Waals surface area contributed by atoms with Crippen LogP contribution in [0.25, 0.3) is 0 Å². The SMILES string of the molecule is CN(C)C1CCC(Nc2cc(I)cc(Cl)n2)CC1. The van der Waals surface area contributed by atoms with Gasteiger partial charge in [0.15, 0.2) is 0 Å². The first kappa shape index (κ1) is 14.3. The van der Waals surface area contributed by atoms with Crippen molar-refractivity contribution in [1.29, 1.82) is 0 Å². The van der Waals surface area contributed by atoms with Crippen LogP contribution < -0.4 is 5.32 Å². The lowest BCUT2D eigenvalue weighted by molar-refractivity contribution is 0.221. The van der Waals surface area contributed by atoms with Gasteiger partial charge in [-0.2, -0.15) is 0 Å². The van der Waals surface area contributed by atoms with Crippen LogP contribution in [0.2, 0.25) is 5.15 Å². The van der Waals surface area contributed by atoms with Gasteiger partial charge in [0, 0.05) is 15.7 Å². The van der Waals surface area contributed by atoms with Crippen LogP contribution in [-0.4, -0.2) is 36.1 Å². The molecule has 2 rings (SSSR count). The number of halogens is 2. The van der Waals surface area contributed by atoms with Crippen molar-refractivity contribution in [2.75, 3.05) is 19.4 Å². The van der Waals surface area contributed by atoms with E-state index in [1.165, 1.54) is 25.7 Å². The van der Waals surface area contributed by atoms with E-state index in [2.05, 4.69) is 51.9 Å². The molecule has 0 amide bonds. The average molecular weight is 380 g/mol. The third kappa shape index (κ3) is 3.96. The molecule has 1 N–H and O–H groups in total. The van der Waals surface area contributed by atoms with Crippen LogP contribution in [0.3, 0.4) is 0 Å². The molecule has 0 bridgehead atoms. The lowest BCUT2D eigenvalue weighted by Gasteiger charge is -2.33. The first-order chi connectivity index (χ1) is 8.54. The van der Waals surface area contributed by atoms with Crippen molar-refractivity contribution in [3.8, 4) is 0 Å². The zero-order chi connectivity index (χ0) is 13.1. The standard InChI is InChI=1S/C13H19ClIN3/c1-18(2)11-5-3-10(4-6-11)16-13-8-9(15)7-12(14)17-13/h7-8,10-11H,3-6H2,1-2H3,(H,16,17). The van der Waals surface area contributed by atoms with E-state index in [1.54, 1.807) is 0 Å². The molecule has 0 spiro atoms. The summed E-state index contributed by atoms with van der Waals surface area (Å²) >= 11 is 8.24. The van der Waals surface area contributed by atoms with Gasteiger partial charge in [0.05, 0.1) is 0 Å². The van der Waals surface area contributed by atoms with Gasteiger partial charge in [-0.1, -0.05) is 11.6 Å². The van der Waals surface area contributed by atoms with Crippen molar-refractivity contribution >= 4 is 40.0 Å². The topological polar surface area (TPSA) is 28.2 Å². The third-order valence-corrected chi connectivity index (χ3v) is 4.35. The van der Waals surface area contributed by atoms with E-state index in [4.69, 9.17) is 11.6 Å². The van der Waals surface area contributed by atoms with Gasteiger partial charge < -0.3 is 10.2 Å². The molecule has 0 radical (unpaired) electrons. The summed E-state index contributed by atoms with van der Waals surface area (Å²) in [4.78, 5) is 6.65. The Kier molecular flexibility index (Phi) is 5.09. The Balaban J connectivity index is 1.91. The largest absolute Gasteiger partial charge is 0.367 e. The van der Waals surface area contributed by atoms with Gasteiger partial charge in [-0.3, -0.25) is 0 Å². The maximum absolute atomic E-state index is 5.97. The minimum atomic E-state index is 0.531. The Bertz CT molecular complexity index is 383. The molecule has 1 heterocycles. The van der Waals surface area contributed by atoms with Crippen LogP contribution in [0.4, 0.5) is 5.82 Å². The van der Waals surface area contributed by atoms with E-state index in [0.717, 1.165) is 15.4 Å². The van der Waals surface area contributed by atoms with Crippen LogP contribution >= 0.6 is 34.2 Å². The molecule has 1 aliphatic rings. The number of nitrogens with one attached hydrogen (secondary N) is 1. The molecule has 0 saturated heterocycles. The molecule has 1 saturated carbocycles. The molecule has 1 aromatic rings. The fourth-order valence-electron chi connectivity index (χ4n) is 2.49. The Labute approximate surface area is 127 Å². The molecular formula is C13H19ClIN3. The zero-order valence-electron chi connectivity index (χ0n) is 10.8. The molecule has 1 fully saturated rings. The van der Waals surface area contributed by atoms with Gasteiger partial charge in [0.25, 0.3) is 0 Å². The van der Waals surface area contributed by atoms with Gasteiger partial charge in [-0.05, 0) is 74.5 Å². The molecule has 3 nitrogen and oxygen atoms in total. The lowest BCUT2D eigenvalue weighted by atomic mass is 9.90. The molecule has 1 aromatic heterocycles. The summed E-state index contributed by atoms with van der Waals surface area (Å²) in [5.74, 6) is 0.903. The highest BCUT2D eigenvalue weighted by molar-refractivity contribution is 14.1. The van der Waals surface area contributed by atoms with Gasteiger partial charge in [-0.25, -0.2) is 4.98 Å². The van der Waals surface area contributed by atoms with E-state index < -0.39 is 0 Å². The lowest BCUT2D eigenvalue weighted by Crippen LogP contribution is -2.36. The quantitative estimate of drug-likeness (QED) is 0.642. The molecule has 0 aliphatic heterocycles. The van der Waals surface area contributed by atoms with Crippen molar-refractivity contribution in [2.24, 2.45) is 0 Å². The molecule has 0 atom stereocenters. The van der Waals surface area contributed by atoms with E-state index in [-0.39, 0.29) is 0 Å². The first-order valence-electron chi connectivity index (χ1n) is 6.30. The van der Waals surface area contributed by atoms with Crippen molar-refractivity contribution in [3.05, 3.63) is 20.9 Å². The number of pyridine rings is 1. The number of aromatic nitrogens is 1. The number of hydrogen-bond donors (Lipinski definition) is 1. The van der Waals surface area contributed by atoms with E-state index >= 15 is 0 Å². The molecule has 5 heteroatoms. The van der Waals surface area contributed by atoms with Crippen LogP contribution in [0.15, 0.2) is 12.1 Å². The second-order valence-corrected chi connectivity index (χ2v) is 6.74. The second-order valence-electron chi connectivity index (χ2n) is 5.11. The van der Waals surface area contributed by atoms with Gasteiger partial charge in [0.1, 0.15) is 11.0 Å². The molecule has 1 aliphatic carbocycles. The smallest absolute Gasteiger partial charge is 0.132 e. The van der Waals surface area contributed by atoms with Crippen molar-refractivity contribution in [3.63, 3.8) is 0 Å². The highest BCUT2D eigenvalue weighted by atomic mass is 127. The monoisotopic (exact) mass is 379 g/mol. The summed E-state index contributed by atoms with van der Waals surface area (Å²) in [6.45, 7) is 0. The predicted octanol–water partition coefficient (Wildman–Crippen LogP) is 3.62. The molecule has 0 unspecified atom stereocenters. The maximum Gasteiger partial charge on any atom is 0.132 e. The number of anilines is 1. The summed E-state index contributed by atoms with van der Waals surface area (Å²) < 4.78 is 1.12. The van der Waals surface area contributed by atoms with Crippen LogP contribution in [0, 0.1) is 3.57 Å². The molecule has 100 valence electrons. The summed E-state index contributed by atoms with van der Waals surface area (Å²) in [7, 11) is 4.33. The van der Waals surface area contributed by atoms with Crippen molar-refractivity contribution < 1.29 is 0 Å². The third-order valence-electron chi connectivity index (χ3n) is 3.54. The first-order valence-corrected chi connectivity index (χ1v) is 7.76. The summed E-state index contributed by atoms with van der Waals surface area (Å²) in [6, 6.07) is 5.18. The Morgan fingerprint density at radius 3 is 2.50 bits per heavy atom. The van der Waals surface area contributed by atoms with Crippen molar-refractivity contribution in [1.82, 2.24) is 9.88 Å². The van der Waals surface area contributed by atoms with Gasteiger partial charge in [0.2, 0.25) is 0 Å².